The van der Waals surface area contributed by atoms with Crippen molar-refractivity contribution in [2.75, 3.05) is 6.26 Å². The molecule has 1 heterocycles. The van der Waals surface area contributed by atoms with Crippen molar-refractivity contribution >= 4 is 23.4 Å². The second kappa shape index (κ2) is 4.89. The summed E-state index contributed by atoms with van der Waals surface area (Å²) < 4.78 is 13.7. The van der Waals surface area contributed by atoms with Gasteiger partial charge in [-0.2, -0.15) is 9.37 Å². The van der Waals surface area contributed by atoms with E-state index >= 15 is 0 Å². The molecule has 1 aromatic heterocycles. The van der Waals surface area contributed by atoms with Gasteiger partial charge in [0, 0.05) is 5.02 Å². The van der Waals surface area contributed by atoms with Crippen LogP contribution in [0.5, 0.6) is 0 Å². The fourth-order valence-corrected chi connectivity index (χ4v) is 1.97. The number of nitrogens with zero attached hydrogens (tertiary/aromatic N) is 1. The number of halogens is 2. The van der Waals surface area contributed by atoms with Crippen LogP contribution in [0.3, 0.4) is 0 Å². The molecule has 0 aliphatic heterocycles. The Hall–Kier alpha value is -1.33. The van der Waals surface area contributed by atoms with Crippen LogP contribution in [0.2, 0.25) is 5.02 Å². The Kier molecular flexibility index (Phi) is 3.49. The van der Waals surface area contributed by atoms with Crippen LogP contribution in [0, 0.1) is 5.95 Å². The van der Waals surface area contributed by atoms with Crippen molar-refractivity contribution in [1.29, 1.82) is 0 Å². The number of hydrogen-bond donors (Lipinski definition) is 1. The van der Waals surface area contributed by atoms with Crippen molar-refractivity contribution in [2.24, 2.45) is 0 Å². The molecule has 3 nitrogen and oxygen atoms in total. The molecule has 0 radical (unpaired) electrons. The van der Waals surface area contributed by atoms with Gasteiger partial charge in [0.05, 0.1) is 0 Å². The van der Waals surface area contributed by atoms with E-state index in [1.807, 2.05) is 0 Å². The van der Waals surface area contributed by atoms with Gasteiger partial charge in [-0.15, -0.1) is 0 Å². The Morgan fingerprint density at radius 1 is 1.47 bits per heavy atom. The average Bonchev–Trinajstić information content (AvgIpc) is 2.28. The highest BCUT2D eigenvalue weighted by atomic mass is 35.5. The summed E-state index contributed by atoms with van der Waals surface area (Å²) in [7, 11) is 0. The van der Waals surface area contributed by atoms with E-state index in [1.54, 1.807) is 24.5 Å². The molecule has 0 saturated carbocycles. The molecule has 0 spiro atoms. The number of thioether (sulfide) groups is 1. The van der Waals surface area contributed by atoms with Gasteiger partial charge in [0.15, 0.2) is 5.16 Å². The van der Waals surface area contributed by atoms with Gasteiger partial charge in [0.1, 0.15) is 5.56 Å². The highest BCUT2D eigenvalue weighted by molar-refractivity contribution is 7.98. The first-order valence-electron chi connectivity index (χ1n) is 4.71. The van der Waals surface area contributed by atoms with Crippen LogP contribution >= 0.6 is 23.4 Å². The molecular weight excluding hydrogens is 263 g/mol. The van der Waals surface area contributed by atoms with Crippen LogP contribution in [-0.2, 0) is 0 Å². The summed E-state index contributed by atoms with van der Waals surface area (Å²) in [5.41, 5.74) is -0.189. The fourth-order valence-electron chi connectivity index (χ4n) is 1.42. The quantitative estimate of drug-likeness (QED) is 0.518. The summed E-state index contributed by atoms with van der Waals surface area (Å²) in [6, 6.07) is 6.44. The number of nitrogens with one attached hydrogen (secondary N) is 1. The molecule has 0 unspecified atom stereocenters. The van der Waals surface area contributed by atoms with Crippen LogP contribution in [-0.4, -0.2) is 16.2 Å². The molecule has 1 N–H and O–H groups in total. The van der Waals surface area contributed by atoms with Crippen LogP contribution in [0.1, 0.15) is 0 Å². The van der Waals surface area contributed by atoms with Crippen molar-refractivity contribution in [2.45, 2.75) is 5.16 Å². The Labute approximate surface area is 106 Å². The smallest absolute Gasteiger partial charge is 0.262 e. The van der Waals surface area contributed by atoms with Gasteiger partial charge in [-0.1, -0.05) is 35.5 Å². The molecular formula is C11H8ClFN2OS. The molecule has 0 atom stereocenters. The first-order chi connectivity index (χ1) is 8.11. The number of aromatic amines is 1. The minimum atomic E-state index is -0.791. The topological polar surface area (TPSA) is 45.8 Å². The van der Waals surface area contributed by atoms with E-state index < -0.39 is 11.5 Å². The lowest BCUT2D eigenvalue weighted by Crippen LogP contribution is -2.14. The van der Waals surface area contributed by atoms with Crippen molar-refractivity contribution in [3.63, 3.8) is 0 Å². The summed E-state index contributed by atoms with van der Waals surface area (Å²) in [5.74, 6) is -0.791. The molecule has 2 rings (SSSR count). The lowest BCUT2D eigenvalue weighted by molar-refractivity contribution is 0.564. The zero-order valence-corrected chi connectivity index (χ0v) is 10.4. The van der Waals surface area contributed by atoms with Gasteiger partial charge in [-0.3, -0.25) is 4.79 Å². The van der Waals surface area contributed by atoms with Crippen molar-refractivity contribution in [1.82, 2.24) is 9.97 Å². The number of aromatic nitrogens is 2. The fraction of sp³-hybridized carbons (Fsp3) is 0.0909. The normalized spacial score (nSPS) is 10.5. The molecule has 0 saturated heterocycles. The second-order valence-corrected chi connectivity index (χ2v) is 4.48. The molecule has 0 aliphatic carbocycles. The molecule has 6 heteroatoms. The van der Waals surface area contributed by atoms with Gasteiger partial charge in [0.2, 0.25) is 5.95 Å². The monoisotopic (exact) mass is 270 g/mol. The minimum Gasteiger partial charge on any atom is -0.301 e. The first-order valence-corrected chi connectivity index (χ1v) is 6.32. The highest BCUT2D eigenvalue weighted by Crippen LogP contribution is 2.22. The summed E-state index contributed by atoms with van der Waals surface area (Å²) >= 11 is 6.97. The van der Waals surface area contributed by atoms with Gasteiger partial charge in [-0.25, -0.2) is 0 Å². The van der Waals surface area contributed by atoms with Gasteiger partial charge >= 0.3 is 0 Å². The summed E-state index contributed by atoms with van der Waals surface area (Å²) in [5, 5.41) is 0.688. The minimum absolute atomic E-state index is 0.0923. The first kappa shape index (κ1) is 12.1. The van der Waals surface area contributed by atoms with Gasteiger partial charge < -0.3 is 4.98 Å². The summed E-state index contributed by atoms with van der Waals surface area (Å²) in [6.45, 7) is 0. The molecule has 2 aromatic rings. The largest absolute Gasteiger partial charge is 0.301 e. The predicted molar refractivity (Wildman–Crippen MR) is 67.0 cm³/mol. The van der Waals surface area contributed by atoms with E-state index in [2.05, 4.69) is 9.97 Å². The van der Waals surface area contributed by atoms with Crippen LogP contribution in [0.15, 0.2) is 34.2 Å². The molecule has 17 heavy (non-hydrogen) atoms. The maximum Gasteiger partial charge on any atom is 0.262 e. The van der Waals surface area contributed by atoms with Crippen LogP contribution in [0.4, 0.5) is 4.39 Å². The van der Waals surface area contributed by atoms with Gasteiger partial charge in [0.25, 0.3) is 5.56 Å². The number of H-pyrrole nitrogens is 1. The maximum atomic E-state index is 13.7. The van der Waals surface area contributed by atoms with E-state index in [1.165, 1.54) is 17.8 Å². The van der Waals surface area contributed by atoms with Crippen molar-refractivity contribution in [3.8, 4) is 11.1 Å². The summed E-state index contributed by atoms with van der Waals surface area (Å²) in [4.78, 5) is 17.9. The lowest BCUT2D eigenvalue weighted by atomic mass is 10.1. The maximum absolute atomic E-state index is 13.7. The van der Waals surface area contributed by atoms with E-state index in [9.17, 15) is 9.18 Å². The third kappa shape index (κ3) is 2.50. The standard InChI is InChI=1S/C11H8ClFN2OS/c1-17-11-14-9(13)8(10(16)15-11)6-3-2-4-7(12)5-6/h2-5H,1H3,(H,14,15,16). The Morgan fingerprint density at radius 2 is 2.24 bits per heavy atom. The number of hydrogen-bond acceptors (Lipinski definition) is 3. The van der Waals surface area contributed by atoms with E-state index in [0.29, 0.717) is 10.6 Å². The molecule has 0 bridgehead atoms. The molecule has 88 valence electrons. The number of benzene rings is 1. The third-order valence-electron chi connectivity index (χ3n) is 2.16. The molecule has 0 amide bonds. The molecule has 1 aromatic carbocycles. The zero-order valence-electron chi connectivity index (χ0n) is 8.83. The third-order valence-corrected chi connectivity index (χ3v) is 2.98. The number of rotatable bonds is 2. The van der Waals surface area contributed by atoms with Crippen molar-refractivity contribution in [3.05, 3.63) is 45.6 Å². The van der Waals surface area contributed by atoms with Crippen molar-refractivity contribution < 1.29 is 4.39 Å². The van der Waals surface area contributed by atoms with E-state index in [0.717, 1.165) is 0 Å². The van der Waals surface area contributed by atoms with E-state index in [4.69, 9.17) is 11.6 Å². The summed E-state index contributed by atoms with van der Waals surface area (Å²) in [6.07, 6.45) is 1.71. The second-order valence-electron chi connectivity index (χ2n) is 3.25. The van der Waals surface area contributed by atoms with E-state index in [-0.39, 0.29) is 10.7 Å². The molecule has 0 aliphatic rings. The Morgan fingerprint density at radius 3 is 2.82 bits per heavy atom. The molecule has 0 fully saturated rings. The average molecular weight is 271 g/mol. The predicted octanol–water partition coefficient (Wildman–Crippen LogP) is 2.95. The van der Waals surface area contributed by atoms with Crippen LogP contribution in [0.25, 0.3) is 11.1 Å². The van der Waals surface area contributed by atoms with Gasteiger partial charge in [-0.05, 0) is 24.0 Å². The zero-order chi connectivity index (χ0) is 12.4. The highest BCUT2D eigenvalue weighted by Gasteiger charge is 2.13. The Bertz CT molecular complexity index is 615. The van der Waals surface area contributed by atoms with Crippen LogP contribution < -0.4 is 5.56 Å². The lowest BCUT2D eigenvalue weighted by Gasteiger charge is -2.03. The Balaban J connectivity index is 2.64. The SMILES string of the molecule is CSc1nc(F)c(-c2cccc(Cl)c2)c(=O)[nH]1.